The fourth-order valence-electron chi connectivity index (χ4n) is 4.05. The van der Waals surface area contributed by atoms with Gasteiger partial charge in [0, 0.05) is 12.3 Å². The predicted octanol–water partition coefficient (Wildman–Crippen LogP) is 2.49. The molecule has 3 fully saturated rings. The number of ether oxygens (including phenoxy) is 1. The van der Waals surface area contributed by atoms with Crippen LogP contribution in [0.1, 0.15) is 37.3 Å². The molecule has 3 heteroatoms. The van der Waals surface area contributed by atoms with Crippen LogP contribution in [0.5, 0.6) is 0 Å². The van der Waals surface area contributed by atoms with E-state index in [1.807, 2.05) is 18.2 Å². The van der Waals surface area contributed by atoms with Gasteiger partial charge in [-0.05, 0) is 24.8 Å². The Labute approximate surface area is 107 Å². The fraction of sp³-hybridized carbons (Fsp3) is 0.533. The molecule has 94 valence electrons. The predicted molar refractivity (Wildman–Crippen MR) is 66.7 cm³/mol. The third kappa shape index (κ3) is 1.20. The summed E-state index contributed by atoms with van der Waals surface area (Å²) in [5.74, 6) is 0.713. The molecule has 3 atom stereocenters. The van der Waals surface area contributed by atoms with Crippen LogP contribution in [0.3, 0.4) is 0 Å². The Morgan fingerprint density at radius 3 is 2.94 bits per heavy atom. The van der Waals surface area contributed by atoms with Gasteiger partial charge in [-0.15, -0.1) is 0 Å². The van der Waals surface area contributed by atoms with E-state index < -0.39 is 0 Å². The number of amides is 1. The molecule has 1 spiro atoms. The SMILES string of the molecule is O=C1C[C@H]2CCC[C@]23OC[C@@H](c2ccccc2)N13. The van der Waals surface area contributed by atoms with Gasteiger partial charge in [0.1, 0.15) is 5.72 Å². The van der Waals surface area contributed by atoms with Gasteiger partial charge in [-0.1, -0.05) is 30.3 Å². The van der Waals surface area contributed by atoms with Crippen molar-refractivity contribution in [1.29, 1.82) is 0 Å². The summed E-state index contributed by atoms with van der Waals surface area (Å²) in [6.45, 7) is 0.659. The number of rotatable bonds is 1. The molecule has 2 saturated heterocycles. The number of hydrogen-bond acceptors (Lipinski definition) is 2. The molecule has 1 aromatic carbocycles. The Hall–Kier alpha value is -1.35. The van der Waals surface area contributed by atoms with Crippen molar-refractivity contribution in [2.45, 2.75) is 37.5 Å². The van der Waals surface area contributed by atoms with E-state index in [9.17, 15) is 4.79 Å². The molecule has 0 bridgehead atoms. The van der Waals surface area contributed by atoms with Crippen molar-refractivity contribution in [3.8, 4) is 0 Å². The summed E-state index contributed by atoms with van der Waals surface area (Å²) in [5, 5.41) is 0. The minimum Gasteiger partial charge on any atom is -0.353 e. The first kappa shape index (κ1) is 10.6. The highest BCUT2D eigenvalue weighted by atomic mass is 16.5. The number of nitrogens with zero attached hydrogens (tertiary/aromatic N) is 1. The summed E-state index contributed by atoms with van der Waals surface area (Å²) in [6, 6.07) is 10.4. The summed E-state index contributed by atoms with van der Waals surface area (Å²) >= 11 is 0. The van der Waals surface area contributed by atoms with Crippen LogP contribution in [0, 0.1) is 5.92 Å². The lowest BCUT2D eigenvalue weighted by molar-refractivity contribution is -0.139. The Kier molecular flexibility index (Phi) is 2.10. The van der Waals surface area contributed by atoms with Crippen molar-refractivity contribution in [3.05, 3.63) is 35.9 Å². The molecule has 3 nitrogen and oxygen atoms in total. The van der Waals surface area contributed by atoms with Gasteiger partial charge in [-0.25, -0.2) is 0 Å². The average molecular weight is 243 g/mol. The number of carbonyl (C=O) groups excluding carboxylic acids is 1. The lowest BCUT2D eigenvalue weighted by atomic mass is 10.0. The highest BCUT2D eigenvalue weighted by Crippen LogP contribution is 2.55. The zero-order valence-corrected chi connectivity index (χ0v) is 10.3. The Bertz CT molecular complexity index is 487. The largest absolute Gasteiger partial charge is 0.353 e. The van der Waals surface area contributed by atoms with Crippen LogP contribution in [0.15, 0.2) is 30.3 Å². The first-order valence-electron chi connectivity index (χ1n) is 6.82. The lowest BCUT2D eigenvalue weighted by Crippen LogP contribution is -2.43. The number of carbonyl (C=O) groups is 1. The molecule has 2 aliphatic heterocycles. The maximum atomic E-state index is 12.3. The highest BCUT2D eigenvalue weighted by Gasteiger charge is 2.61. The maximum Gasteiger partial charge on any atom is 0.225 e. The second-order valence-corrected chi connectivity index (χ2v) is 5.64. The van der Waals surface area contributed by atoms with Crippen LogP contribution in [0.25, 0.3) is 0 Å². The fourth-order valence-corrected chi connectivity index (χ4v) is 4.05. The molecule has 18 heavy (non-hydrogen) atoms. The summed E-state index contributed by atoms with van der Waals surface area (Å²) in [5.41, 5.74) is 0.952. The van der Waals surface area contributed by atoms with Crippen LogP contribution in [0.4, 0.5) is 0 Å². The van der Waals surface area contributed by atoms with Gasteiger partial charge in [0.25, 0.3) is 0 Å². The summed E-state index contributed by atoms with van der Waals surface area (Å²) < 4.78 is 6.13. The monoisotopic (exact) mass is 243 g/mol. The standard InChI is InChI=1S/C15H17NO2/c17-14-9-12-7-4-8-15(12)16(14)13(10-18-15)11-5-2-1-3-6-11/h1-3,5-6,12-13H,4,7-10H2/t12-,13+,15+/m1/s1. The lowest BCUT2D eigenvalue weighted by Gasteiger charge is -2.32. The molecule has 0 radical (unpaired) electrons. The van der Waals surface area contributed by atoms with E-state index in [1.54, 1.807) is 0 Å². The zero-order valence-electron chi connectivity index (χ0n) is 10.3. The van der Waals surface area contributed by atoms with Crippen molar-refractivity contribution < 1.29 is 9.53 Å². The van der Waals surface area contributed by atoms with Gasteiger partial charge < -0.3 is 9.64 Å². The van der Waals surface area contributed by atoms with E-state index in [-0.39, 0.29) is 17.7 Å². The second kappa shape index (κ2) is 3.58. The van der Waals surface area contributed by atoms with Crippen LogP contribution >= 0.6 is 0 Å². The van der Waals surface area contributed by atoms with Crippen molar-refractivity contribution >= 4 is 5.91 Å². The molecule has 0 aromatic heterocycles. The van der Waals surface area contributed by atoms with Gasteiger partial charge in [0.2, 0.25) is 5.91 Å². The molecule has 1 saturated carbocycles. The Balaban J connectivity index is 1.75. The van der Waals surface area contributed by atoms with Crippen molar-refractivity contribution in [2.75, 3.05) is 6.61 Å². The normalized spacial score (nSPS) is 38.0. The van der Waals surface area contributed by atoms with Gasteiger partial charge in [0.05, 0.1) is 12.6 Å². The van der Waals surface area contributed by atoms with E-state index in [0.29, 0.717) is 18.9 Å². The topological polar surface area (TPSA) is 29.5 Å². The summed E-state index contributed by atoms with van der Waals surface area (Å²) in [6.07, 6.45) is 4.04. The number of benzene rings is 1. The molecular weight excluding hydrogens is 226 g/mol. The van der Waals surface area contributed by atoms with E-state index in [2.05, 4.69) is 17.0 Å². The molecule has 1 amide bonds. The molecule has 1 aromatic rings. The maximum absolute atomic E-state index is 12.3. The molecule has 2 heterocycles. The Morgan fingerprint density at radius 2 is 2.11 bits per heavy atom. The minimum absolute atomic E-state index is 0.127. The first-order chi connectivity index (χ1) is 8.81. The molecule has 1 aliphatic carbocycles. The first-order valence-corrected chi connectivity index (χ1v) is 6.82. The van der Waals surface area contributed by atoms with E-state index in [1.165, 1.54) is 12.0 Å². The number of hydrogen-bond donors (Lipinski definition) is 0. The van der Waals surface area contributed by atoms with E-state index in [4.69, 9.17) is 4.74 Å². The zero-order chi connectivity index (χ0) is 12.2. The average Bonchev–Trinajstić information content (AvgIpc) is 3.02. The highest BCUT2D eigenvalue weighted by molar-refractivity contribution is 5.81. The van der Waals surface area contributed by atoms with Gasteiger partial charge in [0.15, 0.2) is 0 Å². The van der Waals surface area contributed by atoms with E-state index >= 15 is 0 Å². The van der Waals surface area contributed by atoms with Gasteiger partial charge in [-0.2, -0.15) is 0 Å². The molecular formula is C15H17NO2. The molecule has 3 aliphatic rings. The quantitative estimate of drug-likeness (QED) is 0.758. The second-order valence-electron chi connectivity index (χ2n) is 5.64. The van der Waals surface area contributed by atoms with Crippen LogP contribution in [-0.2, 0) is 9.53 Å². The van der Waals surface area contributed by atoms with Crippen molar-refractivity contribution in [3.63, 3.8) is 0 Å². The van der Waals surface area contributed by atoms with E-state index in [0.717, 1.165) is 12.8 Å². The Morgan fingerprint density at radius 1 is 1.28 bits per heavy atom. The summed E-state index contributed by atoms with van der Waals surface area (Å²) in [4.78, 5) is 14.3. The molecule has 4 rings (SSSR count). The smallest absolute Gasteiger partial charge is 0.225 e. The summed E-state index contributed by atoms with van der Waals surface area (Å²) in [7, 11) is 0. The van der Waals surface area contributed by atoms with Crippen LogP contribution < -0.4 is 0 Å². The minimum atomic E-state index is -0.252. The third-order valence-electron chi connectivity index (χ3n) is 4.81. The van der Waals surface area contributed by atoms with Crippen molar-refractivity contribution in [2.24, 2.45) is 5.92 Å². The van der Waals surface area contributed by atoms with Crippen LogP contribution in [-0.4, -0.2) is 23.1 Å². The van der Waals surface area contributed by atoms with Crippen molar-refractivity contribution in [1.82, 2.24) is 4.90 Å². The van der Waals surface area contributed by atoms with Gasteiger partial charge >= 0.3 is 0 Å². The molecule has 0 N–H and O–H groups in total. The van der Waals surface area contributed by atoms with Crippen LogP contribution in [0.2, 0.25) is 0 Å². The van der Waals surface area contributed by atoms with Gasteiger partial charge in [-0.3, -0.25) is 4.79 Å². The third-order valence-corrected chi connectivity index (χ3v) is 4.81. The molecule has 0 unspecified atom stereocenters.